The third-order valence-electron chi connectivity index (χ3n) is 4.29. The van der Waals surface area contributed by atoms with Crippen molar-refractivity contribution in [3.63, 3.8) is 0 Å². The summed E-state index contributed by atoms with van der Waals surface area (Å²) in [5.74, 6) is -0.169. The minimum Gasteiger partial charge on any atom is -0.342 e. The van der Waals surface area contributed by atoms with Gasteiger partial charge in [-0.2, -0.15) is 0 Å². The van der Waals surface area contributed by atoms with E-state index in [1.54, 1.807) is 0 Å². The largest absolute Gasteiger partial charge is 0.342 e. The molecular weight excluding hydrogens is 276 g/mol. The second-order valence-corrected chi connectivity index (χ2v) is 6.36. The van der Waals surface area contributed by atoms with E-state index in [0.29, 0.717) is 13.0 Å². The average Bonchev–Trinajstić information content (AvgIpc) is 2.81. The van der Waals surface area contributed by atoms with Crippen molar-refractivity contribution in [1.29, 1.82) is 0 Å². The van der Waals surface area contributed by atoms with Gasteiger partial charge in [-0.05, 0) is 38.3 Å². The number of unbranched alkanes of at least 4 members (excludes halogenated alkanes) is 1. The van der Waals surface area contributed by atoms with Crippen molar-refractivity contribution in [2.24, 2.45) is 5.92 Å². The molecule has 1 saturated heterocycles. The maximum Gasteiger partial charge on any atom is 0.229 e. The smallest absolute Gasteiger partial charge is 0.229 e. The van der Waals surface area contributed by atoms with Gasteiger partial charge in [0.05, 0.1) is 5.92 Å². The average molecular weight is 302 g/mol. The van der Waals surface area contributed by atoms with Gasteiger partial charge in [-0.1, -0.05) is 31.0 Å². The first-order valence-electron chi connectivity index (χ1n) is 8.08. The van der Waals surface area contributed by atoms with Crippen LogP contribution in [0.3, 0.4) is 0 Å². The Bertz CT molecular complexity index is 557. The molecule has 0 radical (unpaired) electrons. The van der Waals surface area contributed by atoms with Crippen molar-refractivity contribution in [2.45, 2.75) is 47.0 Å². The highest BCUT2D eigenvalue weighted by atomic mass is 16.2. The summed E-state index contributed by atoms with van der Waals surface area (Å²) < 4.78 is 0. The van der Waals surface area contributed by atoms with E-state index in [9.17, 15) is 9.59 Å². The number of nitrogens with one attached hydrogen (secondary N) is 1. The number of likely N-dealkylation sites (tertiary alicyclic amines) is 1. The van der Waals surface area contributed by atoms with E-state index >= 15 is 0 Å². The summed E-state index contributed by atoms with van der Waals surface area (Å²) in [6.45, 7) is 9.47. The first kappa shape index (κ1) is 16.5. The van der Waals surface area contributed by atoms with Crippen molar-refractivity contribution >= 4 is 17.5 Å². The Kier molecular flexibility index (Phi) is 5.22. The Balaban J connectivity index is 2.03. The molecule has 1 aromatic carbocycles. The number of anilines is 1. The summed E-state index contributed by atoms with van der Waals surface area (Å²) in [5, 5.41) is 3.03. The fourth-order valence-electron chi connectivity index (χ4n) is 3.12. The molecule has 0 aliphatic carbocycles. The molecule has 1 aliphatic heterocycles. The zero-order valence-electron chi connectivity index (χ0n) is 14.0. The van der Waals surface area contributed by atoms with Gasteiger partial charge in [0, 0.05) is 25.2 Å². The Morgan fingerprint density at radius 1 is 1.27 bits per heavy atom. The number of hydrogen-bond acceptors (Lipinski definition) is 2. The predicted molar refractivity (Wildman–Crippen MR) is 88.9 cm³/mol. The zero-order chi connectivity index (χ0) is 16.3. The Labute approximate surface area is 132 Å². The lowest BCUT2D eigenvalue weighted by atomic mass is 10.0. The van der Waals surface area contributed by atoms with Crippen LogP contribution in [0.5, 0.6) is 0 Å². The molecule has 1 N–H and O–H groups in total. The molecular formula is C18H26N2O2. The maximum absolute atomic E-state index is 12.5. The Morgan fingerprint density at radius 3 is 2.50 bits per heavy atom. The lowest BCUT2D eigenvalue weighted by Gasteiger charge is -2.17. The van der Waals surface area contributed by atoms with Gasteiger partial charge in [0.1, 0.15) is 0 Å². The third-order valence-corrected chi connectivity index (χ3v) is 4.29. The number of aryl methyl sites for hydroxylation is 3. The highest BCUT2D eigenvalue weighted by Crippen LogP contribution is 2.25. The van der Waals surface area contributed by atoms with Crippen LogP contribution in [0.15, 0.2) is 12.1 Å². The zero-order valence-corrected chi connectivity index (χ0v) is 14.0. The van der Waals surface area contributed by atoms with Crippen LogP contribution in [-0.2, 0) is 9.59 Å². The molecule has 2 rings (SSSR count). The standard InChI is InChI=1S/C18H26N2O2/c1-5-6-7-20-11-15(10-16(20)21)18(22)19-17-13(3)8-12(2)9-14(17)4/h8-9,15H,5-7,10-11H2,1-4H3,(H,19,22)/t15-/m0/s1. The molecule has 0 bridgehead atoms. The van der Waals surface area contributed by atoms with Crippen molar-refractivity contribution in [2.75, 3.05) is 18.4 Å². The number of carbonyl (C=O) groups excluding carboxylic acids is 2. The molecule has 1 heterocycles. The number of nitrogens with zero attached hydrogens (tertiary/aromatic N) is 1. The molecule has 1 fully saturated rings. The number of rotatable bonds is 5. The molecule has 120 valence electrons. The van der Waals surface area contributed by atoms with Gasteiger partial charge in [0.25, 0.3) is 0 Å². The van der Waals surface area contributed by atoms with Crippen molar-refractivity contribution < 1.29 is 9.59 Å². The fourth-order valence-corrected chi connectivity index (χ4v) is 3.12. The number of carbonyl (C=O) groups is 2. The molecule has 0 spiro atoms. The Morgan fingerprint density at radius 2 is 1.91 bits per heavy atom. The van der Waals surface area contributed by atoms with Gasteiger partial charge in [-0.25, -0.2) is 0 Å². The topological polar surface area (TPSA) is 49.4 Å². The molecule has 22 heavy (non-hydrogen) atoms. The van der Waals surface area contributed by atoms with Crippen molar-refractivity contribution in [3.8, 4) is 0 Å². The van der Waals surface area contributed by atoms with Crippen molar-refractivity contribution in [1.82, 2.24) is 4.90 Å². The maximum atomic E-state index is 12.5. The second kappa shape index (κ2) is 6.95. The van der Waals surface area contributed by atoms with E-state index in [1.165, 1.54) is 5.56 Å². The van der Waals surface area contributed by atoms with Gasteiger partial charge in [-0.15, -0.1) is 0 Å². The second-order valence-electron chi connectivity index (χ2n) is 6.36. The van der Waals surface area contributed by atoms with Crippen LogP contribution in [-0.4, -0.2) is 29.8 Å². The van der Waals surface area contributed by atoms with Crippen LogP contribution in [0.25, 0.3) is 0 Å². The Hall–Kier alpha value is -1.84. The SMILES string of the molecule is CCCCN1C[C@@H](C(=O)Nc2c(C)cc(C)cc2C)CC1=O. The molecule has 0 aromatic heterocycles. The quantitative estimate of drug-likeness (QED) is 0.908. The highest BCUT2D eigenvalue weighted by molar-refractivity contribution is 5.98. The molecule has 1 atom stereocenters. The lowest BCUT2D eigenvalue weighted by Crippen LogP contribution is -2.29. The predicted octanol–water partition coefficient (Wildman–Crippen LogP) is 3.20. The monoisotopic (exact) mass is 302 g/mol. The summed E-state index contributed by atoms with van der Waals surface area (Å²) in [7, 11) is 0. The van der Waals surface area contributed by atoms with E-state index in [1.807, 2.05) is 25.7 Å². The minimum absolute atomic E-state index is 0.0394. The molecule has 1 aliphatic rings. The summed E-state index contributed by atoms with van der Waals surface area (Å²) in [6, 6.07) is 4.13. The van der Waals surface area contributed by atoms with Crippen LogP contribution in [0.2, 0.25) is 0 Å². The van der Waals surface area contributed by atoms with Gasteiger partial charge in [0.15, 0.2) is 0 Å². The summed E-state index contributed by atoms with van der Waals surface area (Å²) in [5.41, 5.74) is 4.21. The van der Waals surface area contributed by atoms with Crippen LogP contribution in [0, 0.1) is 26.7 Å². The molecule has 4 nitrogen and oxygen atoms in total. The fraction of sp³-hybridized carbons (Fsp3) is 0.556. The highest BCUT2D eigenvalue weighted by Gasteiger charge is 2.34. The molecule has 0 saturated carbocycles. The van der Waals surface area contributed by atoms with Crippen LogP contribution in [0.1, 0.15) is 42.9 Å². The summed E-state index contributed by atoms with van der Waals surface area (Å²) in [4.78, 5) is 26.3. The third kappa shape index (κ3) is 3.67. The van der Waals surface area contributed by atoms with Gasteiger partial charge in [-0.3, -0.25) is 9.59 Å². The van der Waals surface area contributed by atoms with Crippen LogP contribution < -0.4 is 5.32 Å². The number of benzene rings is 1. The molecule has 0 unspecified atom stereocenters. The summed E-state index contributed by atoms with van der Waals surface area (Å²) >= 11 is 0. The summed E-state index contributed by atoms with van der Waals surface area (Å²) in [6.07, 6.45) is 2.39. The van der Waals surface area contributed by atoms with Gasteiger partial charge >= 0.3 is 0 Å². The van der Waals surface area contributed by atoms with Crippen LogP contribution >= 0.6 is 0 Å². The number of hydrogen-bond donors (Lipinski definition) is 1. The van der Waals surface area contributed by atoms with E-state index in [-0.39, 0.29) is 17.7 Å². The van der Waals surface area contributed by atoms with Gasteiger partial charge < -0.3 is 10.2 Å². The van der Waals surface area contributed by atoms with Crippen LogP contribution in [0.4, 0.5) is 5.69 Å². The van der Waals surface area contributed by atoms with E-state index in [0.717, 1.165) is 36.2 Å². The van der Waals surface area contributed by atoms with E-state index in [2.05, 4.69) is 24.4 Å². The lowest BCUT2D eigenvalue weighted by molar-refractivity contribution is -0.128. The van der Waals surface area contributed by atoms with Gasteiger partial charge in [0.2, 0.25) is 11.8 Å². The normalized spacial score (nSPS) is 17.9. The minimum atomic E-state index is -0.232. The first-order chi connectivity index (χ1) is 10.4. The van der Waals surface area contributed by atoms with Crippen molar-refractivity contribution in [3.05, 3.63) is 28.8 Å². The molecule has 4 heteroatoms. The molecule has 2 amide bonds. The first-order valence-corrected chi connectivity index (χ1v) is 8.08. The van der Waals surface area contributed by atoms with E-state index in [4.69, 9.17) is 0 Å². The van der Waals surface area contributed by atoms with E-state index < -0.39 is 0 Å². The molecule has 1 aromatic rings. The number of amides is 2.